The third-order valence-electron chi connectivity index (χ3n) is 4.71. The van der Waals surface area contributed by atoms with Crippen LogP contribution >= 0.6 is 0 Å². The van der Waals surface area contributed by atoms with Gasteiger partial charge in [-0.3, -0.25) is 4.79 Å². The largest absolute Gasteiger partial charge is 0.467 e. The molecule has 1 heterocycles. The van der Waals surface area contributed by atoms with E-state index < -0.39 is 0 Å². The number of rotatable bonds is 6. The van der Waals surface area contributed by atoms with E-state index in [2.05, 4.69) is 24.3 Å². The van der Waals surface area contributed by atoms with Crippen molar-refractivity contribution in [1.29, 1.82) is 0 Å². The highest BCUT2D eigenvalue weighted by Gasteiger charge is 2.26. The van der Waals surface area contributed by atoms with Crippen molar-refractivity contribution >= 4 is 5.91 Å². The van der Waals surface area contributed by atoms with E-state index in [0.717, 1.165) is 31.6 Å². The van der Waals surface area contributed by atoms with E-state index in [4.69, 9.17) is 4.42 Å². The van der Waals surface area contributed by atoms with Gasteiger partial charge in [-0.15, -0.1) is 0 Å². The van der Waals surface area contributed by atoms with Gasteiger partial charge in [-0.1, -0.05) is 49.6 Å². The van der Waals surface area contributed by atoms with Crippen molar-refractivity contribution in [3.05, 3.63) is 60.1 Å². The van der Waals surface area contributed by atoms with Crippen LogP contribution in [-0.2, 0) is 17.8 Å². The Morgan fingerprint density at radius 2 is 1.83 bits per heavy atom. The van der Waals surface area contributed by atoms with Gasteiger partial charge in [0.1, 0.15) is 5.76 Å². The average Bonchev–Trinajstić information content (AvgIpc) is 3.13. The summed E-state index contributed by atoms with van der Waals surface area (Å²) in [6.07, 6.45) is 8.28. The molecule has 0 N–H and O–H groups in total. The Labute approximate surface area is 138 Å². The third-order valence-corrected chi connectivity index (χ3v) is 4.71. The summed E-state index contributed by atoms with van der Waals surface area (Å²) in [5.41, 5.74) is 1.27. The summed E-state index contributed by atoms with van der Waals surface area (Å²) < 4.78 is 5.46. The monoisotopic (exact) mass is 311 g/mol. The minimum absolute atomic E-state index is 0.203. The van der Waals surface area contributed by atoms with E-state index in [1.165, 1.54) is 24.8 Å². The molecule has 3 rings (SSSR count). The fourth-order valence-electron chi connectivity index (χ4n) is 3.37. The van der Waals surface area contributed by atoms with Crippen molar-refractivity contribution in [3.8, 4) is 0 Å². The normalized spacial score (nSPS) is 15.5. The van der Waals surface area contributed by atoms with Gasteiger partial charge < -0.3 is 9.32 Å². The lowest BCUT2D eigenvalue weighted by Crippen LogP contribution is -2.37. The van der Waals surface area contributed by atoms with Gasteiger partial charge in [-0.25, -0.2) is 0 Å². The predicted molar refractivity (Wildman–Crippen MR) is 90.8 cm³/mol. The molecule has 2 aromatic rings. The van der Waals surface area contributed by atoms with E-state index in [-0.39, 0.29) is 5.92 Å². The number of amides is 1. The van der Waals surface area contributed by atoms with Crippen LogP contribution in [0, 0.1) is 5.92 Å². The Morgan fingerprint density at radius 3 is 2.52 bits per heavy atom. The highest BCUT2D eigenvalue weighted by Crippen LogP contribution is 2.26. The molecule has 0 aliphatic heterocycles. The molecule has 0 unspecified atom stereocenters. The van der Waals surface area contributed by atoms with Crippen LogP contribution in [0.5, 0.6) is 0 Å². The molecule has 1 fully saturated rings. The number of hydrogen-bond acceptors (Lipinski definition) is 2. The van der Waals surface area contributed by atoms with E-state index in [1.54, 1.807) is 6.26 Å². The van der Waals surface area contributed by atoms with Gasteiger partial charge in [0.2, 0.25) is 5.91 Å². The summed E-state index contributed by atoms with van der Waals surface area (Å²) in [4.78, 5) is 14.9. The SMILES string of the molecule is O=C(C1CCCCC1)N(CCc1ccccc1)Cc1ccco1. The Morgan fingerprint density at radius 1 is 1.04 bits per heavy atom. The highest BCUT2D eigenvalue weighted by molar-refractivity contribution is 5.78. The van der Waals surface area contributed by atoms with Crippen LogP contribution in [-0.4, -0.2) is 17.4 Å². The van der Waals surface area contributed by atoms with E-state index >= 15 is 0 Å². The molecule has 122 valence electrons. The third kappa shape index (κ3) is 4.47. The molecule has 23 heavy (non-hydrogen) atoms. The van der Waals surface area contributed by atoms with Crippen LogP contribution < -0.4 is 0 Å². The number of carbonyl (C=O) groups excluding carboxylic acids is 1. The van der Waals surface area contributed by atoms with E-state index in [9.17, 15) is 4.79 Å². The lowest BCUT2D eigenvalue weighted by atomic mass is 9.88. The van der Waals surface area contributed by atoms with E-state index in [0.29, 0.717) is 12.5 Å². The second-order valence-electron chi connectivity index (χ2n) is 6.41. The maximum atomic E-state index is 12.9. The summed E-state index contributed by atoms with van der Waals surface area (Å²) >= 11 is 0. The molecule has 1 aromatic heterocycles. The first-order valence-electron chi connectivity index (χ1n) is 8.68. The van der Waals surface area contributed by atoms with Crippen LogP contribution in [0.4, 0.5) is 0 Å². The van der Waals surface area contributed by atoms with Crippen molar-refractivity contribution in [1.82, 2.24) is 4.90 Å². The topological polar surface area (TPSA) is 33.5 Å². The minimum Gasteiger partial charge on any atom is -0.467 e. The first kappa shape index (κ1) is 15.9. The molecule has 0 atom stereocenters. The number of furan rings is 1. The van der Waals surface area contributed by atoms with Gasteiger partial charge in [-0.05, 0) is 37.0 Å². The Bertz CT molecular complexity index is 585. The number of hydrogen-bond donors (Lipinski definition) is 0. The van der Waals surface area contributed by atoms with Gasteiger partial charge in [-0.2, -0.15) is 0 Å². The van der Waals surface area contributed by atoms with Crippen molar-refractivity contribution in [3.63, 3.8) is 0 Å². The first-order chi connectivity index (χ1) is 11.3. The smallest absolute Gasteiger partial charge is 0.226 e. The molecule has 3 heteroatoms. The van der Waals surface area contributed by atoms with Crippen LogP contribution in [0.15, 0.2) is 53.1 Å². The second-order valence-corrected chi connectivity index (χ2v) is 6.41. The van der Waals surface area contributed by atoms with Gasteiger partial charge in [0.25, 0.3) is 0 Å². The number of benzene rings is 1. The lowest BCUT2D eigenvalue weighted by molar-refractivity contribution is -0.137. The molecule has 1 aliphatic rings. The maximum absolute atomic E-state index is 12.9. The van der Waals surface area contributed by atoms with E-state index in [1.807, 2.05) is 23.1 Å². The molecule has 1 aliphatic carbocycles. The maximum Gasteiger partial charge on any atom is 0.226 e. The summed E-state index contributed by atoms with van der Waals surface area (Å²) in [5.74, 6) is 1.37. The Hall–Kier alpha value is -2.03. The lowest BCUT2D eigenvalue weighted by Gasteiger charge is -2.29. The molecule has 1 amide bonds. The van der Waals surface area contributed by atoms with Crippen molar-refractivity contribution in [2.24, 2.45) is 5.92 Å². The zero-order valence-corrected chi connectivity index (χ0v) is 13.6. The molecule has 1 saturated carbocycles. The predicted octanol–water partition coefficient (Wildman–Crippen LogP) is 4.43. The average molecular weight is 311 g/mol. The Balaban J connectivity index is 1.66. The van der Waals surface area contributed by atoms with Crippen molar-refractivity contribution in [2.75, 3.05) is 6.54 Å². The summed E-state index contributed by atoms with van der Waals surface area (Å²) in [6, 6.07) is 14.2. The Kier molecular flexibility index (Phi) is 5.51. The number of carbonyl (C=O) groups is 1. The van der Waals surface area contributed by atoms with Crippen LogP contribution in [0.3, 0.4) is 0 Å². The second kappa shape index (κ2) is 8.00. The standard InChI is InChI=1S/C20H25NO2/c22-20(18-10-5-2-6-11-18)21(16-19-12-7-15-23-19)14-13-17-8-3-1-4-9-17/h1,3-4,7-9,12,15,18H,2,5-6,10-11,13-14,16H2. The number of nitrogens with zero attached hydrogens (tertiary/aromatic N) is 1. The zero-order valence-electron chi connectivity index (χ0n) is 13.6. The van der Waals surface area contributed by atoms with Gasteiger partial charge >= 0.3 is 0 Å². The van der Waals surface area contributed by atoms with Gasteiger partial charge in [0.05, 0.1) is 12.8 Å². The van der Waals surface area contributed by atoms with Crippen LogP contribution in [0.25, 0.3) is 0 Å². The quantitative estimate of drug-likeness (QED) is 0.790. The molecular formula is C20H25NO2. The van der Waals surface area contributed by atoms with Gasteiger partial charge in [0, 0.05) is 12.5 Å². The van der Waals surface area contributed by atoms with Crippen molar-refractivity contribution in [2.45, 2.75) is 45.1 Å². The summed E-state index contributed by atoms with van der Waals surface area (Å²) in [5, 5.41) is 0. The fraction of sp³-hybridized carbons (Fsp3) is 0.450. The van der Waals surface area contributed by atoms with Gasteiger partial charge in [0.15, 0.2) is 0 Å². The molecular weight excluding hydrogens is 286 g/mol. The minimum atomic E-state index is 0.203. The molecule has 0 bridgehead atoms. The molecule has 0 radical (unpaired) electrons. The summed E-state index contributed by atoms with van der Waals surface area (Å²) in [7, 11) is 0. The fourth-order valence-corrected chi connectivity index (χ4v) is 3.37. The molecule has 1 aromatic carbocycles. The molecule has 3 nitrogen and oxygen atoms in total. The zero-order chi connectivity index (χ0) is 15.9. The van der Waals surface area contributed by atoms with Crippen molar-refractivity contribution < 1.29 is 9.21 Å². The summed E-state index contributed by atoms with van der Waals surface area (Å²) in [6.45, 7) is 1.33. The molecule has 0 saturated heterocycles. The van der Waals surface area contributed by atoms with Crippen LogP contribution in [0.1, 0.15) is 43.4 Å². The van der Waals surface area contributed by atoms with Crippen LogP contribution in [0.2, 0.25) is 0 Å². The molecule has 0 spiro atoms. The highest BCUT2D eigenvalue weighted by atomic mass is 16.3. The first-order valence-corrected chi connectivity index (χ1v) is 8.68.